The van der Waals surface area contributed by atoms with Crippen LogP contribution >= 0.6 is 46.3 Å². The molecule has 2 amide bonds. The molecular formula is C26H20Cl2N2O4S2. The quantitative estimate of drug-likeness (QED) is 0.433. The predicted molar refractivity (Wildman–Crippen MR) is 140 cm³/mol. The molecule has 3 fully saturated rings. The van der Waals surface area contributed by atoms with E-state index in [4.69, 9.17) is 27.9 Å². The van der Waals surface area contributed by atoms with Crippen molar-refractivity contribution in [2.75, 3.05) is 12.0 Å². The van der Waals surface area contributed by atoms with Gasteiger partial charge in [0, 0.05) is 16.0 Å². The number of anilines is 1. The molecule has 0 spiro atoms. The van der Waals surface area contributed by atoms with Crippen molar-refractivity contribution in [3.63, 3.8) is 0 Å². The van der Waals surface area contributed by atoms with Crippen LogP contribution in [0.2, 0.25) is 10.0 Å². The van der Waals surface area contributed by atoms with E-state index in [1.807, 2.05) is 12.1 Å². The van der Waals surface area contributed by atoms with Gasteiger partial charge in [-0.2, -0.15) is 0 Å². The maximum absolute atomic E-state index is 13.8. The third kappa shape index (κ3) is 3.01. The van der Waals surface area contributed by atoms with Crippen LogP contribution in [-0.2, 0) is 9.59 Å². The predicted octanol–water partition coefficient (Wildman–Crippen LogP) is 5.43. The van der Waals surface area contributed by atoms with E-state index < -0.39 is 0 Å². The molecule has 2 bridgehead atoms. The van der Waals surface area contributed by atoms with Crippen molar-refractivity contribution < 1.29 is 14.3 Å². The van der Waals surface area contributed by atoms with Gasteiger partial charge in [0.2, 0.25) is 11.8 Å². The number of rotatable bonds is 3. The Balaban J connectivity index is 1.32. The second-order valence-corrected chi connectivity index (χ2v) is 12.8. The fourth-order valence-electron chi connectivity index (χ4n) is 7.11. The van der Waals surface area contributed by atoms with Crippen molar-refractivity contribution >= 4 is 63.8 Å². The molecule has 7 rings (SSSR count). The first-order valence-electron chi connectivity index (χ1n) is 11.7. The summed E-state index contributed by atoms with van der Waals surface area (Å²) in [6.07, 6.45) is 0.819. The molecule has 4 aliphatic rings. The number of ether oxygens (including phenoxy) is 1. The Bertz CT molecular complexity index is 1490. The van der Waals surface area contributed by atoms with Crippen molar-refractivity contribution in [1.29, 1.82) is 0 Å². The smallest absolute Gasteiger partial charge is 0.305 e. The number of benzene rings is 2. The number of halogens is 2. The molecule has 0 radical (unpaired) electrons. The molecule has 2 aliphatic heterocycles. The maximum Gasteiger partial charge on any atom is 0.305 e. The van der Waals surface area contributed by atoms with Gasteiger partial charge < -0.3 is 9.72 Å². The van der Waals surface area contributed by atoms with Gasteiger partial charge in [-0.05, 0) is 60.1 Å². The molecular weight excluding hydrogens is 539 g/mol. The summed E-state index contributed by atoms with van der Waals surface area (Å²) in [4.78, 5) is 45.1. The number of thioether (sulfide) groups is 1. The molecule has 6 nitrogen and oxygen atoms in total. The lowest BCUT2D eigenvalue weighted by atomic mass is 9.68. The highest BCUT2D eigenvalue weighted by Crippen LogP contribution is 2.69. The van der Waals surface area contributed by atoms with Crippen LogP contribution in [0, 0.1) is 29.6 Å². The van der Waals surface area contributed by atoms with Gasteiger partial charge in [0.25, 0.3) is 0 Å². The van der Waals surface area contributed by atoms with Crippen molar-refractivity contribution in [1.82, 2.24) is 4.98 Å². The summed E-state index contributed by atoms with van der Waals surface area (Å²) in [5.41, 5.74) is 1.46. The van der Waals surface area contributed by atoms with Gasteiger partial charge in [0.1, 0.15) is 5.75 Å². The molecule has 3 heterocycles. The first kappa shape index (κ1) is 22.9. The number of nitrogens with zero attached hydrogens (tertiary/aromatic N) is 1. The number of carbonyl (C=O) groups is 2. The molecule has 1 N–H and O–H groups in total. The number of fused-ring (bicyclic) bond motifs is 9. The number of amides is 2. The van der Waals surface area contributed by atoms with Crippen LogP contribution in [0.3, 0.4) is 0 Å². The number of thiazole rings is 1. The molecule has 1 saturated heterocycles. The SMILES string of the molecule is COc1ccc(N2C(=O)C3C(C2=O)[C@@H]2C[C@H]3C3Sc4[nH]c(=O)sc4C(c4cccc(Cl)c4Cl)C32)cc1. The lowest BCUT2D eigenvalue weighted by Crippen LogP contribution is -2.42. The average molecular weight is 559 g/mol. The summed E-state index contributed by atoms with van der Waals surface area (Å²) in [5.74, 6) is -0.320. The number of hydrogen-bond donors (Lipinski definition) is 1. The van der Waals surface area contributed by atoms with E-state index in [1.165, 1.54) is 16.2 Å². The molecule has 2 aliphatic carbocycles. The fraction of sp³-hybridized carbons (Fsp3) is 0.346. The lowest BCUT2D eigenvalue weighted by Gasteiger charge is -2.43. The second-order valence-electron chi connectivity index (χ2n) is 9.81. The highest BCUT2D eigenvalue weighted by molar-refractivity contribution is 8.00. The number of aromatic amines is 1. The average Bonchev–Trinajstić information content (AvgIpc) is 3.60. The van der Waals surface area contributed by atoms with Crippen molar-refractivity contribution in [3.8, 4) is 5.75 Å². The zero-order valence-electron chi connectivity index (χ0n) is 18.9. The third-order valence-electron chi connectivity index (χ3n) is 8.37. The summed E-state index contributed by atoms with van der Waals surface area (Å²) >= 11 is 16.0. The first-order valence-corrected chi connectivity index (χ1v) is 14.2. The van der Waals surface area contributed by atoms with Gasteiger partial charge in [-0.1, -0.05) is 46.7 Å². The number of carbonyl (C=O) groups excluding carboxylic acids is 2. The standard InChI is InChI=1S/C26H20Cl2N2O4S2/c1-34-11-7-5-10(6-8-11)30-24(31)18-13-9-14(19(18)25(30)32)21-17(13)16(12-3-2-4-15(27)20(12)28)22-23(35-21)29-26(33)36-22/h2-8,13-14,16-19,21H,9H2,1H3,(H,29,33)/t13-,14-,16?,17?,18?,19?,21?/m1/s1. The van der Waals surface area contributed by atoms with Crippen molar-refractivity contribution in [2.45, 2.75) is 22.6 Å². The molecule has 36 heavy (non-hydrogen) atoms. The van der Waals surface area contributed by atoms with E-state index in [0.29, 0.717) is 21.5 Å². The summed E-state index contributed by atoms with van der Waals surface area (Å²) in [6, 6.07) is 12.6. The first-order chi connectivity index (χ1) is 17.4. The monoisotopic (exact) mass is 558 g/mol. The van der Waals surface area contributed by atoms with E-state index in [1.54, 1.807) is 49.2 Å². The Morgan fingerprint density at radius 3 is 2.44 bits per heavy atom. The fourth-order valence-corrected chi connectivity index (χ4v) is 10.4. The normalized spacial score (nSPS) is 32.0. The molecule has 7 atom stereocenters. The zero-order chi connectivity index (χ0) is 24.9. The van der Waals surface area contributed by atoms with Gasteiger partial charge in [-0.15, -0.1) is 11.8 Å². The lowest BCUT2D eigenvalue weighted by molar-refractivity contribution is -0.123. The molecule has 184 valence electrons. The number of imide groups is 1. The third-order valence-corrected chi connectivity index (χ3v) is 11.8. The molecule has 2 saturated carbocycles. The Kier molecular flexibility index (Phi) is 5.16. The minimum Gasteiger partial charge on any atom is -0.497 e. The Morgan fingerprint density at radius 2 is 1.72 bits per heavy atom. The van der Waals surface area contributed by atoms with Crippen LogP contribution in [0.5, 0.6) is 5.75 Å². The zero-order valence-corrected chi connectivity index (χ0v) is 22.1. The molecule has 10 heteroatoms. The van der Waals surface area contributed by atoms with Crippen LogP contribution in [0.4, 0.5) is 5.69 Å². The summed E-state index contributed by atoms with van der Waals surface area (Å²) in [5, 5.41) is 1.89. The molecule has 3 aromatic rings. The van der Waals surface area contributed by atoms with E-state index >= 15 is 0 Å². The Labute approximate surface area is 224 Å². The number of aromatic nitrogens is 1. The van der Waals surface area contributed by atoms with Crippen LogP contribution in [0.1, 0.15) is 22.8 Å². The minimum atomic E-state index is -0.371. The number of nitrogens with one attached hydrogen (secondary N) is 1. The highest BCUT2D eigenvalue weighted by atomic mass is 35.5. The topological polar surface area (TPSA) is 79.5 Å². The van der Waals surface area contributed by atoms with E-state index in [0.717, 1.165) is 21.9 Å². The van der Waals surface area contributed by atoms with Crippen LogP contribution in [0.15, 0.2) is 52.3 Å². The van der Waals surface area contributed by atoms with Crippen LogP contribution < -0.4 is 14.5 Å². The van der Waals surface area contributed by atoms with E-state index in [-0.39, 0.29) is 57.4 Å². The Morgan fingerprint density at radius 1 is 1.00 bits per heavy atom. The van der Waals surface area contributed by atoms with Gasteiger partial charge in [0.15, 0.2) is 0 Å². The summed E-state index contributed by atoms with van der Waals surface area (Å²) in [6.45, 7) is 0. The van der Waals surface area contributed by atoms with E-state index in [2.05, 4.69) is 4.98 Å². The van der Waals surface area contributed by atoms with Crippen LogP contribution in [0.25, 0.3) is 0 Å². The van der Waals surface area contributed by atoms with Gasteiger partial charge in [0.05, 0.1) is 39.7 Å². The summed E-state index contributed by atoms with van der Waals surface area (Å²) < 4.78 is 5.24. The van der Waals surface area contributed by atoms with Crippen molar-refractivity contribution in [2.24, 2.45) is 29.6 Å². The Hall–Kier alpha value is -2.26. The number of methoxy groups -OCH3 is 1. The van der Waals surface area contributed by atoms with Gasteiger partial charge >= 0.3 is 4.87 Å². The van der Waals surface area contributed by atoms with Gasteiger partial charge in [-0.25, -0.2) is 0 Å². The van der Waals surface area contributed by atoms with Crippen molar-refractivity contribution in [3.05, 3.63) is 72.6 Å². The number of hydrogen-bond acceptors (Lipinski definition) is 6. The summed E-state index contributed by atoms with van der Waals surface area (Å²) in [7, 11) is 1.58. The molecule has 2 aromatic carbocycles. The molecule has 5 unspecified atom stereocenters. The van der Waals surface area contributed by atoms with E-state index in [9.17, 15) is 14.4 Å². The largest absolute Gasteiger partial charge is 0.497 e. The minimum absolute atomic E-state index is 0.0163. The van der Waals surface area contributed by atoms with Crippen LogP contribution in [-0.4, -0.2) is 29.2 Å². The number of H-pyrrole nitrogens is 1. The second kappa shape index (κ2) is 8.12. The molecule has 1 aromatic heterocycles. The van der Waals surface area contributed by atoms with Gasteiger partial charge in [-0.3, -0.25) is 19.3 Å². The maximum atomic E-state index is 13.8. The highest BCUT2D eigenvalue weighted by Gasteiger charge is 2.69.